The molecule has 0 aromatic heterocycles. The third kappa shape index (κ3) is 8.04. The first kappa shape index (κ1) is 36.5. The van der Waals surface area contributed by atoms with E-state index >= 15 is 0 Å². The van der Waals surface area contributed by atoms with Crippen molar-refractivity contribution in [2.45, 2.75) is 105 Å². The molecule has 2 fully saturated rings. The van der Waals surface area contributed by atoms with Crippen LogP contribution in [0.4, 0.5) is 4.79 Å². The number of nitrogens with two attached hydrogens (primary N) is 1. The van der Waals surface area contributed by atoms with Crippen molar-refractivity contribution in [1.82, 2.24) is 25.8 Å². The summed E-state index contributed by atoms with van der Waals surface area (Å²) < 4.78 is 0. The molecule has 13 nitrogen and oxygen atoms in total. The van der Waals surface area contributed by atoms with E-state index in [0.29, 0.717) is 24.0 Å². The Balaban J connectivity index is 1.49. The lowest BCUT2D eigenvalue weighted by Crippen LogP contribution is -2.62. The monoisotopic (exact) mass is 666 g/mol. The first-order chi connectivity index (χ1) is 22.3. The van der Waals surface area contributed by atoms with Crippen molar-refractivity contribution < 1.29 is 33.6 Å². The molecule has 0 spiro atoms. The lowest BCUT2D eigenvalue weighted by molar-refractivity contribution is -0.143. The van der Waals surface area contributed by atoms with E-state index in [9.17, 15) is 33.6 Å². The molecule has 1 aromatic carbocycles. The van der Waals surface area contributed by atoms with Crippen LogP contribution in [0.25, 0.3) is 0 Å². The molecule has 1 aliphatic carbocycles. The van der Waals surface area contributed by atoms with Crippen LogP contribution in [0.3, 0.4) is 0 Å². The highest BCUT2D eigenvalue weighted by Gasteiger charge is 2.46. The van der Waals surface area contributed by atoms with Crippen LogP contribution in [0.1, 0.15) is 101 Å². The molecule has 13 heteroatoms. The van der Waals surface area contributed by atoms with Crippen LogP contribution >= 0.6 is 0 Å². The SMILES string of the molecule is CC1CC(C(=O)NC(CC2CCC2)C(=O)C(N)=O)N(C(=O)C(NC(=O)NC(CN2C(=O)c3ccccc3C2=O)C(C)(C)C)C(C)(C)C)C1. The zero-order valence-corrected chi connectivity index (χ0v) is 29.1. The van der Waals surface area contributed by atoms with Crippen molar-refractivity contribution >= 4 is 41.4 Å². The second kappa shape index (κ2) is 14.1. The van der Waals surface area contributed by atoms with Gasteiger partial charge in [0.05, 0.1) is 29.8 Å². The van der Waals surface area contributed by atoms with Crippen molar-refractivity contribution in [3.63, 3.8) is 0 Å². The van der Waals surface area contributed by atoms with Gasteiger partial charge < -0.3 is 26.6 Å². The second-order valence-corrected chi connectivity index (χ2v) is 15.8. The van der Waals surface area contributed by atoms with Gasteiger partial charge in [-0.05, 0) is 47.6 Å². The van der Waals surface area contributed by atoms with Crippen molar-refractivity contribution in [1.29, 1.82) is 0 Å². The number of carbonyl (C=O) groups excluding carboxylic acids is 7. The molecule has 7 amide bonds. The fraction of sp³-hybridized carbons (Fsp3) is 0.629. The van der Waals surface area contributed by atoms with E-state index in [-0.39, 0.29) is 24.9 Å². The van der Waals surface area contributed by atoms with Gasteiger partial charge in [-0.15, -0.1) is 0 Å². The van der Waals surface area contributed by atoms with Gasteiger partial charge in [-0.3, -0.25) is 33.7 Å². The number of hydrogen-bond acceptors (Lipinski definition) is 7. The predicted octanol–water partition coefficient (Wildman–Crippen LogP) is 2.38. The van der Waals surface area contributed by atoms with E-state index in [2.05, 4.69) is 16.0 Å². The van der Waals surface area contributed by atoms with E-state index in [1.54, 1.807) is 45.0 Å². The molecular weight excluding hydrogens is 616 g/mol. The fourth-order valence-electron chi connectivity index (χ4n) is 6.54. The molecule has 5 N–H and O–H groups in total. The summed E-state index contributed by atoms with van der Waals surface area (Å²) in [5.41, 5.74) is 4.54. The lowest BCUT2D eigenvalue weighted by atomic mass is 9.80. The quantitative estimate of drug-likeness (QED) is 0.206. The van der Waals surface area contributed by atoms with Gasteiger partial charge in [0.25, 0.3) is 17.7 Å². The number of benzene rings is 1. The van der Waals surface area contributed by atoms with Crippen LogP contribution in [0, 0.1) is 22.7 Å². The molecule has 1 saturated heterocycles. The summed E-state index contributed by atoms with van der Waals surface area (Å²) >= 11 is 0. The van der Waals surface area contributed by atoms with Crippen LogP contribution in [0.2, 0.25) is 0 Å². The minimum absolute atomic E-state index is 0.0407. The molecular formula is C35H50N6O7. The highest BCUT2D eigenvalue weighted by Crippen LogP contribution is 2.32. The van der Waals surface area contributed by atoms with Crippen LogP contribution in [0.15, 0.2) is 24.3 Å². The maximum atomic E-state index is 14.2. The number of hydrogen-bond donors (Lipinski definition) is 4. The number of nitrogens with zero attached hydrogens (tertiary/aromatic N) is 2. The Labute approximate surface area is 282 Å². The molecule has 262 valence electrons. The summed E-state index contributed by atoms with van der Waals surface area (Å²) in [4.78, 5) is 94.5. The molecule has 5 atom stereocenters. The summed E-state index contributed by atoms with van der Waals surface area (Å²) in [5, 5.41) is 8.42. The highest BCUT2D eigenvalue weighted by atomic mass is 16.2. The zero-order chi connectivity index (χ0) is 35.7. The number of rotatable bonds is 11. The minimum Gasteiger partial charge on any atom is -0.363 e. The standard InChI is InChI=1S/C35H50N6O7/c1-19-15-24(29(44)37-23(26(42)28(36)43)16-20-11-10-12-20)40(17-19)32(47)27(35(5,6)7)39-33(48)38-25(34(2,3)4)18-41-30(45)21-13-8-9-14-22(21)31(41)46/h8-9,13-14,19-20,23-25,27H,10-12,15-18H2,1-7H3,(H2,36,43)(H,37,44)(H2,38,39,48). The molecule has 48 heavy (non-hydrogen) atoms. The average Bonchev–Trinajstić information content (AvgIpc) is 3.48. The minimum atomic E-state index is -1.12. The Morgan fingerprint density at radius 1 is 0.896 bits per heavy atom. The number of imide groups is 1. The number of fused-ring (bicyclic) bond motifs is 1. The van der Waals surface area contributed by atoms with Crippen LogP contribution < -0.4 is 21.7 Å². The Morgan fingerprint density at radius 2 is 1.48 bits per heavy atom. The average molecular weight is 667 g/mol. The number of amides is 7. The predicted molar refractivity (Wildman–Crippen MR) is 177 cm³/mol. The zero-order valence-electron chi connectivity index (χ0n) is 29.1. The van der Waals surface area contributed by atoms with Gasteiger partial charge in [0, 0.05) is 6.54 Å². The van der Waals surface area contributed by atoms with E-state index in [1.807, 2.05) is 27.7 Å². The Bertz CT molecular complexity index is 1440. The van der Waals surface area contributed by atoms with Gasteiger partial charge in [-0.1, -0.05) is 79.9 Å². The van der Waals surface area contributed by atoms with Gasteiger partial charge in [0.1, 0.15) is 12.1 Å². The van der Waals surface area contributed by atoms with Gasteiger partial charge >= 0.3 is 6.03 Å². The van der Waals surface area contributed by atoms with E-state index in [0.717, 1.165) is 24.2 Å². The molecule has 1 saturated carbocycles. The summed E-state index contributed by atoms with van der Waals surface area (Å²) in [7, 11) is 0. The number of urea groups is 1. The molecule has 0 bridgehead atoms. The summed E-state index contributed by atoms with van der Waals surface area (Å²) in [6.07, 6.45) is 3.48. The molecule has 2 heterocycles. The number of Topliss-reactive ketones (excluding diaryl/α,β-unsaturated/α-hetero) is 1. The smallest absolute Gasteiger partial charge is 0.315 e. The van der Waals surface area contributed by atoms with E-state index in [1.165, 1.54) is 4.90 Å². The van der Waals surface area contributed by atoms with Gasteiger partial charge in [-0.2, -0.15) is 0 Å². The van der Waals surface area contributed by atoms with Crippen molar-refractivity contribution in [2.24, 2.45) is 28.4 Å². The lowest BCUT2D eigenvalue weighted by Gasteiger charge is -2.38. The number of ketones is 1. The molecule has 2 aliphatic heterocycles. The first-order valence-corrected chi connectivity index (χ1v) is 16.8. The van der Waals surface area contributed by atoms with Crippen LogP contribution in [-0.4, -0.2) is 88.4 Å². The Hall–Kier alpha value is -4.29. The molecule has 0 radical (unpaired) electrons. The van der Waals surface area contributed by atoms with Gasteiger partial charge in [0.15, 0.2) is 0 Å². The molecule has 3 aliphatic rings. The second-order valence-electron chi connectivity index (χ2n) is 15.8. The van der Waals surface area contributed by atoms with Crippen molar-refractivity contribution in [3.05, 3.63) is 35.4 Å². The third-order valence-electron chi connectivity index (χ3n) is 9.75. The van der Waals surface area contributed by atoms with E-state index in [4.69, 9.17) is 5.73 Å². The summed E-state index contributed by atoms with van der Waals surface area (Å²) in [6.45, 7) is 13.1. The normalized spacial score (nSPS) is 21.6. The molecule has 4 rings (SSSR count). The number of carbonyl (C=O) groups is 7. The molecule has 5 unspecified atom stereocenters. The number of primary amides is 1. The highest BCUT2D eigenvalue weighted by molar-refractivity contribution is 6.37. The van der Waals surface area contributed by atoms with Crippen LogP contribution in [-0.2, 0) is 19.2 Å². The van der Waals surface area contributed by atoms with Crippen molar-refractivity contribution in [2.75, 3.05) is 13.1 Å². The fourth-order valence-corrected chi connectivity index (χ4v) is 6.54. The van der Waals surface area contributed by atoms with Crippen LogP contribution in [0.5, 0.6) is 0 Å². The Morgan fingerprint density at radius 3 is 1.96 bits per heavy atom. The van der Waals surface area contributed by atoms with Gasteiger partial charge in [0.2, 0.25) is 17.6 Å². The number of likely N-dealkylation sites (tertiary alicyclic amines) is 1. The Kier molecular flexibility index (Phi) is 10.7. The third-order valence-corrected chi connectivity index (χ3v) is 9.75. The first-order valence-electron chi connectivity index (χ1n) is 16.8. The number of nitrogens with one attached hydrogen (secondary N) is 3. The summed E-state index contributed by atoms with van der Waals surface area (Å²) in [5.74, 6) is -3.69. The topological polar surface area (TPSA) is 188 Å². The largest absolute Gasteiger partial charge is 0.363 e. The molecule has 1 aromatic rings. The van der Waals surface area contributed by atoms with Gasteiger partial charge in [-0.25, -0.2) is 4.79 Å². The maximum absolute atomic E-state index is 14.2. The maximum Gasteiger partial charge on any atom is 0.315 e. The summed E-state index contributed by atoms with van der Waals surface area (Å²) in [6, 6.07) is 2.19. The van der Waals surface area contributed by atoms with Crippen molar-refractivity contribution in [3.8, 4) is 0 Å². The van der Waals surface area contributed by atoms with E-state index < -0.39 is 76.3 Å².